The average molecular weight is 1870 g/mol. The highest BCUT2D eigenvalue weighted by Gasteiger charge is 2.37. The van der Waals surface area contributed by atoms with Crippen LogP contribution >= 0.6 is 0 Å². The lowest BCUT2D eigenvalue weighted by Crippen LogP contribution is -2.51. The van der Waals surface area contributed by atoms with E-state index in [4.69, 9.17) is 137 Å². The molecular weight excluding hydrogens is 1740 g/mol. The molecule has 0 aromatic rings. The van der Waals surface area contributed by atoms with Gasteiger partial charge in [-0.25, -0.2) is 57.5 Å². The summed E-state index contributed by atoms with van der Waals surface area (Å²) in [7, 11) is 0. The van der Waals surface area contributed by atoms with Crippen LogP contribution in [-0.2, 0) is 172 Å². The zero-order valence-electron chi connectivity index (χ0n) is 74.5. The molecule has 54 heteroatoms. The Hall–Kier alpha value is -13.5. The number of carbonyl (C=O) groups excluding carboxylic acids is 24. The number of rotatable bonds is 46. The number of esters is 6. The monoisotopic (exact) mass is 1870 g/mol. The second-order valence-corrected chi connectivity index (χ2v) is 27.5. The van der Waals surface area contributed by atoms with Crippen LogP contribution in [0.2, 0.25) is 0 Å². The van der Waals surface area contributed by atoms with E-state index in [2.05, 4.69) is 46.1 Å². The molecule has 9 atom stereocenters. The van der Waals surface area contributed by atoms with Crippen molar-refractivity contribution in [1.82, 2.24) is 31.9 Å². The lowest BCUT2D eigenvalue weighted by Gasteiger charge is -2.30. The molecule has 0 rings (SSSR count). The van der Waals surface area contributed by atoms with Gasteiger partial charge in [0.1, 0.15) is 36.3 Å². The first-order valence-electron chi connectivity index (χ1n) is 38.2. The third kappa shape index (κ3) is 98.2. The van der Waals surface area contributed by atoms with Crippen LogP contribution < -0.4 is 66.3 Å². The summed E-state index contributed by atoms with van der Waals surface area (Å²) in [5.74, 6) is -14.1. The minimum atomic E-state index is -1.26. The van der Waals surface area contributed by atoms with Crippen molar-refractivity contribution in [2.45, 2.75) is 248 Å². The molecule has 6 amide bonds. The fourth-order valence-electron chi connectivity index (χ4n) is 7.54. The van der Waals surface area contributed by atoms with Crippen molar-refractivity contribution < 1.29 is 203 Å². The van der Waals surface area contributed by atoms with Gasteiger partial charge in [-0.05, 0) is 134 Å². The Balaban J connectivity index is -0.000000122. The van der Waals surface area contributed by atoms with Gasteiger partial charge in [0.05, 0.1) is 0 Å². The predicted octanol–water partition coefficient (Wildman–Crippen LogP) is -5.08. The van der Waals surface area contributed by atoms with Gasteiger partial charge >= 0.3 is 109 Å². The zero-order valence-corrected chi connectivity index (χ0v) is 74.5. The largest absolute Gasteiger partial charge is 0.479 e. The lowest BCUT2D eigenvalue weighted by atomic mass is 9.86. The van der Waals surface area contributed by atoms with Gasteiger partial charge in [-0.15, -0.1) is 0 Å². The molecule has 0 heterocycles. The van der Waals surface area contributed by atoms with Crippen molar-refractivity contribution in [2.75, 3.05) is 59.1 Å². The second kappa shape index (κ2) is 92.2. The zero-order chi connectivity index (χ0) is 104. The van der Waals surface area contributed by atoms with E-state index in [0.29, 0.717) is 90.6 Å². The minimum Gasteiger partial charge on any atom is -0.479 e. The van der Waals surface area contributed by atoms with Crippen LogP contribution in [0.5, 0.6) is 0 Å². The first-order chi connectivity index (χ1) is 59.8. The van der Waals surface area contributed by atoms with Crippen LogP contribution in [0.3, 0.4) is 0 Å². The Bertz CT molecular complexity index is 3410. The van der Waals surface area contributed by atoms with E-state index in [-0.39, 0.29) is 123 Å². The number of amides is 6. The summed E-state index contributed by atoms with van der Waals surface area (Å²) in [4.78, 5) is 299. The van der Waals surface area contributed by atoms with Crippen LogP contribution in [-0.4, -0.2) is 288 Å². The van der Waals surface area contributed by atoms with Gasteiger partial charge < -0.3 is 125 Å². The van der Waals surface area contributed by atoms with E-state index < -0.39 is 157 Å². The maximum Gasteiger partial charge on any atom is 0.373 e. The number of carbonyl (C=O) groups is 18. The Kier molecular flexibility index (Phi) is 101. The Morgan fingerprint density at radius 2 is 0.481 bits per heavy atom. The SMILES string of the molecule is CC(C)(C)[C@H](NC(=O)CCCN)C(=O)OCC(=O)O.CC(C)[C@H](NC(=O)CCCN)C(=O)OCC(=O)O.CC(C)[C@H](NC(=O)CCCN)C(=O)O[C@@H](C)C(=O)O.CC[C@H](NC(=O)CCCN)C(=O)OCC(=O)O.CC[C@H](NC(=O)CCCN)C(=O)O[C@@H](C)C(=O)O.C[C@H](OC(=O)[C@@H](NC(=O)CCCN)C(C)(C)C)C(=O)O.O=C=O.O=C=O.O=C=O.O=C=O.O=C=O.O=C=O. The van der Waals surface area contributed by atoms with E-state index in [0.717, 1.165) is 0 Å². The molecule has 0 bridgehead atoms. The minimum absolute atomic E-state index is 0.187. The molecule has 24 N–H and O–H groups in total. The molecule has 738 valence electrons. The highest BCUT2D eigenvalue weighted by molar-refractivity contribution is 5.90. The van der Waals surface area contributed by atoms with Crippen LogP contribution in [0, 0.1) is 22.7 Å². The van der Waals surface area contributed by atoms with E-state index in [9.17, 15) is 86.3 Å². The van der Waals surface area contributed by atoms with Gasteiger partial charge in [0.25, 0.3) is 0 Å². The average Bonchev–Trinajstić information content (AvgIpc) is 0.850. The molecule has 129 heavy (non-hydrogen) atoms. The second-order valence-electron chi connectivity index (χ2n) is 27.5. The number of carboxylic acids is 6. The molecule has 0 unspecified atom stereocenters. The van der Waals surface area contributed by atoms with Crippen molar-refractivity contribution in [3.05, 3.63) is 0 Å². The number of ether oxygens (including phenoxy) is 6. The quantitative estimate of drug-likeness (QED) is 0.0200. The van der Waals surface area contributed by atoms with Gasteiger partial charge in [-0.1, -0.05) is 83.1 Å². The Morgan fingerprint density at radius 1 is 0.287 bits per heavy atom. The summed E-state index contributed by atoms with van der Waals surface area (Å²) < 4.78 is 27.9. The summed E-state index contributed by atoms with van der Waals surface area (Å²) in [5.41, 5.74) is 30.5. The fourth-order valence-corrected chi connectivity index (χ4v) is 7.54. The standard InChI is InChI=1S/C13H24N2O5.2C12H22N2O5.2C11H20N2O5.C10H18N2O5.6CO2/c1-8(11(17)18)20-12(19)10(13(2,3)4)15-9(16)6-5-7-14;1-12(2,3)10(11(18)19-7-9(16)17)14-8(15)5-4-6-13;1-7(2)10(14-9(15)5-4-6-13)12(18)19-8(3)11(16)17;1-7(2)10(11(17)18-6-9(15)16)13-8(14)4-3-5-12;1-3-8(13-9(14)5-4-6-12)11(17)18-7(2)10(15)16;1-2-7(10(16)17-6-9(14)15)12-8(13)4-3-5-11;6*2-1-3/h8,10H,5-7,14H2,1-4H3,(H,15,16)(H,17,18);10H,4-7,13H2,1-3H3,(H,14,15)(H,16,17);7-8,10H,4-6,13H2,1-3H3,(H,14,15)(H,16,17);7,10H,3-6,12H2,1-2H3,(H,13,14)(H,15,16);7-8H,3-6,12H2,1-2H3,(H,13,14)(H,15,16);7H,2-6,11H2,1H3,(H,12,13)(H,14,15);;;;;;/t8-,10+;10-;8-,10-;10-;7-,8-;7-;;;;;;/m010000....../s1. The lowest BCUT2D eigenvalue weighted by molar-refractivity contribution is -0.193. The van der Waals surface area contributed by atoms with Crippen molar-refractivity contribution in [3.8, 4) is 0 Å². The van der Waals surface area contributed by atoms with E-state index in [1.807, 2.05) is 0 Å². The number of nitrogens with one attached hydrogen (secondary N) is 6. The van der Waals surface area contributed by atoms with Crippen molar-refractivity contribution in [3.63, 3.8) is 0 Å². The molecular formula is C75H126N12O42. The third-order valence-corrected chi connectivity index (χ3v) is 13.9. The first kappa shape index (κ1) is 141. The summed E-state index contributed by atoms with van der Waals surface area (Å²) >= 11 is 0. The van der Waals surface area contributed by atoms with E-state index >= 15 is 0 Å². The highest BCUT2D eigenvalue weighted by atomic mass is 16.6. The number of aliphatic carboxylic acids is 6. The predicted molar refractivity (Wildman–Crippen MR) is 426 cm³/mol. The maximum atomic E-state index is 12.0. The number of nitrogens with two attached hydrogens (primary N) is 6. The smallest absolute Gasteiger partial charge is 0.373 e. The molecule has 0 aliphatic rings. The number of hydrogen-bond donors (Lipinski definition) is 18. The molecule has 0 saturated heterocycles. The van der Waals surface area contributed by atoms with Gasteiger partial charge in [-0.3, -0.25) is 28.8 Å². The molecule has 0 fully saturated rings. The van der Waals surface area contributed by atoms with Gasteiger partial charge in [0.15, 0.2) is 38.1 Å². The molecule has 0 aromatic carbocycles. The maximum absolute atomic E-state index is 12.0. The van der Waals surface area contributed by atoms with Crippen molar-refractivity contribution >= 4 is 144 Å². The first-order valence-corrected chi connectivity index (χ1v) is 38.2. The molecule has 0 aliphatic carbocycles. The Morgan fingerprint density at radius 3 is 0.698 bits per heavy atom. The van der Waals surface area contributed by atoms with Crippen molar-refractivity contribution in [2.24, 2.45) is 57.1 Å². The molecule has 0 spiro atoms. The fraction of sp³-hybridized carbons (Fsp3) is 0.680. The highest BCUT2D eigenvalue weighted by Crippen LogP contribution is 2.22. The molecule has 0 radical (unpaired) electrons. The molecule has 0 aromatic heterocycles. The van der Waals surface area contributed by atoms with Crippen molar-refractivity contribution in [1.29, 1.82) is 0 Å². The summed E-state index contributed by atoms with van der Waals surface area (Å²) in [6.07, 6.45) is 2.95. The van der Waals surface area contributed by atoms with Crippen LogP contribution in [0.25, 0.3) is 0 Å². The van der Waals surface area contributed by atoms with Gasteiger partial charge in [0.2, 0.25) is 35.4 Å². The Labute approximate surface area is 740 Å². The van der Waals surface area contributed by atoms with Gasteiger partial charge in [0, 0.05) is 38.5 Å². The number of hydrogen-bond acceptors (Lipinski definition) is 42. The van der Waals surface area contributed by atoms with Crippen LogP contribution in [0.15, 0.2) is 0 Å². The summed E-state index contributed by atoms with van der Waals surface area (Å²) in [5, 5.41) is 66.3. The van der Waals surface area contributed by atoms with E-state index in [1.165, 1.54) is 20.8 Å². The normalized spacial score (nSPS) is 11.6. The summed E-state index contributed by atoms with van der Waals surface area (Å²) in [6, 6.07) is -5.12. The molecule has 0 aliphatic heterocycles. The molecule has 54 nitrogen and oxygen atoms in total. The van der Waals surface area contributed by atoms with Crippen LogP contribution in [0.1, 0.15) is 194 Å². The topological polar surface area (TPSA) is 917 Å². The number of carboxylic acid groups (broad SMARTS) is 6. The molecule has 0 saturated carbocycles. The van der Waals surface area contributed by atoms with Gasteiger partial charge in [-0.2, -0.15) is 57.5 Å². The van der Waals surface area contributed by atoms with Crippen LogP contribution in [0.4, 0.5) is 0 Å². The van der Waals surface area contributed by atoms with E-state index in [1.54, 1.807) is 83.1 Å². The summed E-state index contributed by atoms with van der Waals surface area (Å²) in [6.45, 7) is 24.8. The third-order valence-electron chi connectivity index (χ3n) is 13.9.